The van der Waals surface area contributed by atoms with Gasteiger partial charge in [0.2, 0.25) is 0 Å². The van der Waals surface area contributed by atoms with Gasteiger partial charge >= 0.3 is 0 Å². The van der Waals surface area contributed by atoms with Crippen molar-refractivity contribution >= 4 is 60.9 Å². The molecule has 3 nitrogen and oxygen atoms in total. The van der Waals surface area contributed by atoms with Crippen LogP contribution >= 0.6 is 0 Å². The van der Waals surface area contributed by atoms with E-state index in [0.29, 0.717) is 0 Å². The van der Waals surface area contributed by atoms with Gasteiger partial charge in [0.05, 0.1) is 5.69 Å². The fourth-order valence-corrected chi connectivity index (χ4v) is 16.2. The number of para-hydroxylation sites is 3. The Hall–Kier alpha value is -8.40. The molecule has 0 amide bonds. The summed E-state index contributed by atoms with van der Waals surface area (Å²) in [4.78, 5) is 2.61. The predicted octanol–water partition coefficient (Wildman–Crippen LogP) is 23.9. The number of anilines is 3. The van der Waals surface area contributed by atoms with E-state index in [1.165, 1.54) is 180 Å². The molecule has 0 unspecified atom stereocenters. The van der Waals surface area contributed by atoms with Gasteiger partial charge in [-0.25, -0.2) is 0 Å². The summed E-state index contributed by atoms with van der Waals surface area (Å²) in [6.45, 7) is 14.5. The lowest BCUT2D eigenvalue weighted by molar-refractivity contribution is 0.399. The number of hydrogen-bond donors (Lipinski definition) is 0. The fraction of sp³-hybridized carbons (Fsp3) is 0.259. The molecule has 416 valence electrons. The molecule has 0 bridgehead atoms. The largest absolute Gasteiger partial charge is 0.455 e. The molecule has 0 radical (unpaired) electrons. The zero-order valence-electron chi connectivity index (χ0n) is 49.8. The van der Waals surface area contributed by atoms with Crippen LogP contribution in [0.2, 0.25) is 0 Å². The lowest BCUT2D eigenvalue weighted by Crippen LogP contribution is -2.26. The number of nitrogens with zero attached hydrogens (tertiary/aromatic N) is 1. The Morgan fingerprint density at radius 1 is 0.357 bits per heavy atom. The molecule has 3 heteroatoms. The van der Waals surface area contributed by atoms with Crippen molar-refractivity contribution in [3.8, 4) is 55.6 Å². The van der Waals surface area contributed by atoms with E-state index in [2.05, 4.69) is 247 Å². The van der Waals surface area contributed by atoms with Crippen LogP contribution in [-0.4, -0.2) is 0 Å². The lowest BCUT2D eigenvalue weighted by Gasteiger charge is -2.35. The molecule has 10 aromatic carbocycles. The molecule has 0 saturated carbocycles. The van der Waals surface area contributed by atoms with E-state index in [-0.39, 0.29) is 16.2 Å². The van der Waals surface area contributed by atoms with Gasteiger partial charge in [-0.05, 0) is 134 Å². The number of benzene rings is 10. The molecule has 3 aliphatic carbocycles. The average molecular weight is 1090 g/mol. The van der Waals surface area contributed by atoms with Crippen molar-refractivity contribution in [2.24, 2.45) is 0 Å². The van der Waals surface area contributed by atoms with Gasteiger partial charge in [0.25, 0.3) is 0 Å². The zero-order valence-corrected chi connectivity index (χ0v) is 49.8. The standard InChI is InChI=1S/C81H75NO2/c1-7-9-11-13-29-47-81(48-30-14-12-10-8-2)65-50-55(44-46-59(65)70-66(81)51-62(53-33-19-16-20-34-53)77-72(70)60-37-23-27-41-68(60)83-77)82(67-40-26-22-35-56(67)52-31-17-15-18-32-52)54-43-45-58-64(49-54)80(5,6)75-71(58)73-61-38-24-28-42-69(61)84-78(73)74-57-36-21-25-39-63(57)79(3,4)76(74)75/h15-28,31-46,49-51H,7-14,29-30,47-48H2,1-6H3. The van der Waals surface area contributed by atoms with Crippen LogP contribution in [0.15, 0.2) is 209 Å². The van der Waals surface area contributed by atoms with Crippen LogP contribution in [0.25, 0.3) is 99.5 Å². The van der Waals surface area contributed by atoms with Crippen molar-refractivity contribution in [1.29, 1.82) is 0 Å². The highest BCUT2D eigenvalue weighted by Crippen LogP contribution is 2.65. The van der Waals surface area contributed by atoms with Crippen LogP contribution in [0.4, 0.5) is 17.1 Å². The second-order valence-corrected chi connectivity index (χ2v) is 25.7. The molecule has 0 spiro atoms. The van der Waals surface area contributed by atoms with E-state index >= 15 is 0 Å². The maximum absolute atomic E-state index is 7.10. The number of unbranched alkanes of at least 4 members (excludes halogenated alkanes) is 8. The molecule has 0 N–H and O–H groups in total. The van der Waals surface area contributed by atoms with Gasteiger partial charge < -0.3 is 13.7 Å². The second kappa shape index (κ2) is 20.4. The topological polar surface area (TPSA) is 29.5 Å². The van der Waals surface area contributed by atoms with E-state index in [0.717, 1.165) is 46.5 Å². The molecule has 0 saturated heterocycles. The molecule has 84 heavy (non-hydrogen) atoms. The predicted molar refractivity (Wildman–Crippen MR) is 355 cm³/mol. The number of hydrogen-bond acceptors (Lipinski definition) is 3. The highest BCUT2D eigenvalue weighted by atomic mass is 16.3. The second-order valence-electron chi connectivity index (χ2n) is 25.7. The highest BCUT2D eigenvalue weighted by Gasteiger charge is 2.49. The molecule has 15 rings (SSSR count). The Morgan fingerprint density at radius 2 is 0.833 bits per heavy atom. The molecule has 0 fully saturated rings. The average Bonchev–Trinajstić information content (AvgIpc) is 1.65. The molecule has 2 aromatic heterocycles. The molecular formula is C81H75NO2. The van der Waals surface area contributed by atoms with Crippen molar-refractivity contribution in [2.75, 3.05) is 4.90 Å². The minimum absolute atomic E-state index is 0.231. The van der Waals surface area contributed by atoms with Crippen molar-refractivity contribution in [3.05, 3.63) is 234 Å². The summed E-state index contributed by atoms with van der Waals surface area (Å²) in [6.07, 6.45) is 14.5. The highest BCUT2D eigenvalue weighted by molar-refractivity contribution is 6.21. The van der Waals surface area contributed by atoms with Crippen LogP contribution in [0.5, 0.6) is 0 Å². The van der Waals surface area contributed by atoms with E-state index in [4.69, 9.17) is 8.83 Å². The van der Waals surface area contributed by atoms with Gasteiger partial charge in [-0.3, -0.25) is 0 Å². The number of furan rings is 2. The third-order valence-corrected chi connectivity index (χ3v) is 20.1. The van der Waals surface area contributed by atoms with Crippen molar-refractivity contribution in [2.45, 2.75) is 135 Å². The molecule has 3 aliphatic rings. The normalized spacial score (nSPS) is 14.7. The van der Waals surface area contributed by atoms with Gasteiger partial charge in [-0.2, -0.15) is 0 Å². The summed E-state index contributed by atoms with van der Waals surface area (Å²) in [5.41, 5.74) is 27.6. The van der Waals surface area contributed by atoms with E-state index < -0.39 is 0 Å². The molecule has 0 atom stereocenters. The van der Waals surface area contributed by atoms with Gasteiger partial charge in [0.15, 0.2) is 0 Å². The summed E-state index contributed by atoms with van der Waals surface area (Å²) >= 11 is 0. The van der Waals surface area contributed by atoms with Crippen LogP contribution in [0.3, 0.4) is 0 Å². The molecule has 12 aromatic rings. The number of rotatable bonds is 17. The quantitative estimate of drug-likeness (QED) is 0.0851. The zero-order chi connectivity index (χ0) is 56.9. The van der Waals surface area contributed by atoms with Crippen LogP contribution in [-0.2, 0) is 16.2 Å². The summed E-state index contributed by atoms with van der Waals surface area (Å²) in [6, 6.07) is 75.4. The Kier molecular flexibility index (Phi) is 12.8. The first kappa shape index (κ1) is 52.4. The van der Waals surface area contributed by atoms with Gasteiger partial charge in [0, 0.05) is 65.9 Å². The minimum Gasteiger partial charge on any atom is -0.455 e. The SMILES string of the molecule is CCCCCCCC1(CCCCCCC)c2cc(N(c3ccc4c(c3)C(C)(C)c3c5c(c6oc7ccccc7c6c3-4)-c3ccccc3C5(C)C)c3ccccc3-c3ccccc3)ccc2-c2c1cc(-c1ccccc1)c1oc3ccccc3c21. The Morgan fingerprint density at radius 3 is 1.48 bits per heavy atom. The molecular weight excluding hydrogens is 1020 g/mol. The van der Waals surface area contributed by atoms with E-state index in [1.54, 1.807) is 0 Å². The fourth-order valence-electron chi connectivity index (χ4n) is 16.2. The minimum atomic E-state index is -0.360. The van der Waals surface area contributed by atoms with Gasteiger partial charge in [0.1, 0.15) is 22.3 Å². The smallest absolute Gasteiger partial charge is 0.144 e. The third kappa shape index (κ3) is 7.90. The maximum Gasteiger partial charge on any atom is 0.144 e. The summed E-state index contributed by atoms with van der Waals surface area (Å²) in [5.74, 6) is 0. The van der Waals surface area contributed by atoms with Crippen molar-refractivity contribution in [3.63, 3.8) is 0 Å². The Bertz CT molecular complexity index is 4510. The maximum atomic E-state index is 7.10. The number of fused-ring (bicyclic) bond motifs is 19. The van der Waals surface area contributed by atoms with Crippen molar-refractivity contribution < 1.29 is 8.83 Å². The third-order valence-electron chi connectivity index (χ3n) is 20.1. The summed E-state index contributed by atoms with van der Waals surface area (Å²) < 4.78 is 14.2. The Balaban J connectivity index is 0.987. The lowest BCUT2D eigenvalue weighted by atomic mass is 9.70. The van der Waals surface area contributed by atoms with E-state index in [9.17, 15) is 0 Å². The van der Waals surface area contributed by atoms with Crippen LogP contribution in [0, 0.1) is 0 Å². The Labute approximate surface area is 496 Å². The van der Waals surface area contributed by atoms with Gasteiger partial charge in [-0.15, -0.1) is 0 Å². The molecule has 2 heterocycles. The summed E-state index contributed by atoms with van der Waals surface area (Å²) in [5, 5.41) is 4.84. The van der Waals surface area contributed by atoms with Crippen LogP contribution in [0.1, 0.15) is 152 Å². The van der Waals surface area contributed by atoms with E-state index in [1.807, 2.05) is 0 Å². The first-order chi connectivity index (χ1) is 41.1. The summed E-state index contributed by atoms with van der Waals surface area (Å²) in [7, 11) is 0. The van der Waals surface area contributed by atoms with Gasteiger partial charge in [-0.1, -0.05) is 257 Å². The first-order valence-electron chi connectivity index (χ1n) is 31.5. The first-order valence-corrected chi connectivity index (χ1v) is 31.5. The monoisotopic (exact) mass is 1090 g/mol. The van der Waals surface area contributed by atoms with Crippen molar-refractivity contribution in [1.82, 2.24) is 0 Å². The molecule has 0 aliphatic heterocycles. The van der Waals surface area contributed by atoms with Crippen LogP contribution < -0.4 is 4.90 Å².